The number of fused-ring (bicyclic) bond motifs is 4. The smallest absolute Gasteiger partial charge is 0.394 e. The molecule has 29 nitrogen and oxygen atoms in total. The van der Waals surface area contributed by atoms with Crippen molar-refractivity contribution < 1.29 is 81.7 Å². The average Bonchev–Trinajstić information content (AvgIpc) is 1.54. The fourth-order valence-electron chi connectivity index (χ4n) is 7.23. The van der Waals surface area contributed by atoms with E-state index in [0.29, 0.717) is 49.6 Å². The first-order chi connectivity index (χ1) is 41.1. The minimum atomic E-state index is -4.67. The maximum atomic E-state index is 11.6. The lowest BCUT2D eigenvalue weighted by Gasteiger charge is -2.12. The van der Waals surface area contributed by atoms with Gasteiger partial charge in [-0.05, 0) is 132 Å². The molecule has 0 saturated carbocycles. The normalized spacial score (nSPS) is 10.1. The maximum Gasteiger partial charge on any atom is 0.394 e. The molecule has 4 aromatic heterocycles. The molecule has 0 atom stereocenters. The number of nitro groups is 3. The summed E-state index contributed by atoms with van der Waals surface area (Å²) in [7, 11) is -1.84. The van der Waals surface area contributed by atoms with Crippen LogP contribution in [0.1, 0.15) is 11.1 Å². The van der Waals surface area contributed by atoms with E-state index in [-0.39, 0.29) is 62.9 Å². The maximum absolute atomic E-state index is 11.6. The third kappa shape index (κ3) is 22.1. The molecule has 4 heterocycles. The number of aromatic hydroxyl groups is 1. The predicted molar refractivity (Wildman–Crippen MR) is 315 cm³/mol. The molecule has 0 bridgehead atoms. The molecule has 0 fully saturated rings. The van der Waals surface area contributed by atoms with Crippen molar-refractivity contribution in [3.8, 4) is 28.7 Å². The van der Waals surface area contributed by atoms with Gasteiger partial charge in [0.05, 0.1) is 80.1 Å². The number of phenols is 1. The molecule has 6 aromatic carbocycles. The lowest BCUT2D eigenvalue weighted by Crippen LogP contribution is -2.01. The van der Waals surface area contributed by atoms with Crippen LogP contribution in [0.25, 0.3) is 43.6 Å². The van der Waals surface area contributed by atoms with E-state index in [0.717, 1.165) is 15.9 Å². The number of carboxylic acids is 2. The van der Waals surface area contributed by atoms with Crippen LogP contribution in [0.2, 0.25) is 15.1 Å². The SMILES string of the molecule is COc1cc(CC(=O)O)ccc1O.COc1cc(CC(=O)O)ccc1Oc1ccc2ncccc2c1[N+](=O)[O-].Clc1ccc2ncccc2c1.O=S(=O)(O)O.O=[N+]([O-])O.O=[N+]([O-])c1c(Cl)ccc2ncccc12.O=[N+]([O-])c1c(Cl)ccc2ncccc12. The van der Waals surface area contributed by atoms with Gasteiger partial charge in [0.1, 0.15) is 10.0 Å². The van der Waals surface area contributed by atoms with E-state index in [2.05, 4.69) is 19.9 Å². The molecule has 0 spiro atoms. The van der Waals surface area contributed by atoms with Crippen molar-refractivity contribution in [2.24, 2.45) is 0 Å². The molecule has 87 heavy (non-hydrogen) atoms. The number of carbonyl (C=O) groups is 2. The third-order valence-electron chi connectivity index (χ3n) is 10.6. The number of ether oxygens (including phenoxy) is 3. The van der Waals surface area contributed by atoms with Crippen molar-refractivity contribution >= 4 is 118 Å². The lowest BCUT2D eigenvalue weighted by molar-refractivity contribution is -0.742. The van der Waals surface area contributed by atoms with Gasteiger partial charge in [-0.1, -0.05) is 53.0 Å². The van der Waals surface area contributed by atoms with Gasteiger partial charge >= 0.3 is 28.0 Å². The van der Waals surface area contributed by atoms with Gasteiger partial charge in [0, 0.05) is 35.2 Å². The molecule has 33 heteroatoms. The first-order valence-corrected chi connectivity index (χ1v) is 26.2. The predicted octanol–water partition coefficient (Wildman–Crippen LogP) is 12.1. The molecular weight excluding hydrogens is 1240 g/mol. The van der Waals surface area contributed by atoms with Crippen LogP contribution in [-0.2, 0) is 32.8 Å². The molecule has 0 unspecified atom stereocenters. The lowest BCUT2D eigenvalue weighted by atomic mass is 10.1. The van der Waals surface area contributed by atoms with Gasteiger partial charge in [0.2, 0.25) is 5.75 Å². The Hall–Kier alpha value is -10.8. The second kappa shape index (κ2) is 32.9. The number of nitro benzene ring substituents is 3. The monoisotopic (exact) mass is 1280 g/mol. The van der Waals surface area contributed by atoms with E-state index >= 15 is 0 Å². The van der Waals surface area contributed by atoms with E-state index in [1.807, 2.05) is 30.3 Å². The summed E-state index contributed by atoms with van der Waals surface area (Å²) in [5, 5.41) is 76.6. The highest BCUT2D eigenvalue weighted by Crippen LogP contribution is 2.40. The third-order valence-corrected chi connectivity index (χ3v) is 11.5. The number of aliphatic carboxylic acids is 2. The van der Waals surface area contributed by atoms with E-state index in [1.54, 1.807) is 91.5 Å². The Morgan fingerprint density at radius 2 is 0.874 bits per heavy atom. The Bertz CT molecular complexity index is 4140. The van der Waals surface area contributed by atoms with Gasteiger partial charge < -0.3 is 34.7 Å². The number of hydrogen-bond acceptors (Lipinski definition) is 20. The highest BCUT2D eigenvalue weighted by molar-refractivity contribution is 7.79. The van der Waals surface area contributed by atoms with Crippen molar-refractivity contribution in [2.75, 3.05) is 14.2 Å². The number of nitrogens with zero attached hydrogens (tertiary/aromatic N) is 8. The number of hydrogen-bond donors (Lipinski definition) is 6. The summed E-state index contributed by atoms with van der Waals surface area (Å²) < 4.78 is 47.4. The molecule has 0 saturated heterocycles. The fraction of sp³-hybridized carbons (Fsp3) is 0.0741. The molecule has 0 aliphatic carbocycles. The zero-order valence-electron chi connectivity index (χ0n) is 44.4. The van der Waals surface area contributed by atoms with Gasteiger partial charge in [-0.25, -0.2) is 0 Å². The summed E-state index contributed by atoms with van der Waals surface area (Å²) >= 11 is 17.2. The van der Waals surface area contributed by atoms with Gasteiger partial charge in [-0.3, -0.25) is 69.0 Å². The average molecular weight is 1280 g/mol. The van der Waals surface area contributed by atoms with Gasteiger partial charge in [0.15, 0.2) is 23.0 Å². The number of carboxylic acid groups (broad SMARTS) is 2. The molecule has 0 aliphatic rings. The summed E-state index contributed by atoms with van der Waals surface area (Å²) in [4.78, 5) is 77.3. The minimum absolute atomic E-state index is 0.0108. The zero-order chi connectivity index (χ0) is 64.5. The Morgan fingerprint density at radius 3 is 1.30 bits per heavy atom. The first kappa shape index (κ1) is 68.7. The van der Waals surface area contributed by atoms with Crippen LogP contribution < -0.4 is 14.2 Å². The number of benzene rings is 6. The molecular formula is C54H43Cl3N8O21S. The summed E-state index contributed by atoms with van der Waals surface area (Å²) in [6.07, 6.45) is 6.25. The Balaban J connectivity index is 0.000000232. The number of phenolic OH excluding ortho intramolecular Hbond substituents is 1. The fourth-order valence-corrected chi connectivity index (χ4v) is 7.88. The topological polar surface area (TPSA) is 441 Å². The summed E-state index contributed by atoms with van der Waals surface area (Å²) in [6, 6.07) is 37.8. The van der Waals surface area contributed by atoms with Crippen molar-refractivity contribution in [3.05, 3.63) is 231 Å². The van der Waals surface area contributed by atoms with E-state index < -0.39 is 42.2 Å². The molecule has 10 aromatic rings. The van der Waals surface area contributed by atoms with E-state index in [9.17, 15) is 45.0 Å². The van der Waals surface area contributed by atoms with Crippen molar-refractivity contribution in [3.63, 3.8) is 0 Å². The molecule has 452 valence electrons. The Kier molecular flexibility index (Phi) is 26.0. The summed E-state index contributed by atoms with van der Waals surface area (Å²) in [5.41, 5.74) is 3.36. The number of methoxy groups -OCH3 is 2. The quantitative estimate of drug-likeness (QED) is 0.0398. The minimum Gasteiger partial charge on any atom is -0.504 e. The molecule has 0 amide bonds. The number of halogens is 3. The van der Waals surface area contributed by atoms with Crippen molar-refractivity contribution in [1.29, 1.82) is 0 Å². The second-order valence-electron chi connectivity index (χ2n) is 16.4. The van der Waals surface area contributed by atoms with Gasteiger partial charge in [-0.15, -0.1) is 10.1 Å². The van der Waals surface area contributed by atoms with Crippen LogP contribution >= 0.6 is 34.8 Å². The first-order valence-electron chi connectivity index (χ1n) is 23.7. The van der Waals surface area contributed by atoms with Crippen molar-refractivity contribution in [1.82, 2.24) is 19.9 Å². The summed E-state index contributed by atoms with van der Waals surface area (Å²) in [6.45, 7) is 0. The standard InChI is InChI=1S/C18H14N2O6.2C9H5ClN2O2.C9H6ClN.C9H10O4.HNO3.H2O4S/c1-25-16-9-11(10-17(21)22)4-6-14(16)26-15-7-5-13-12(3-2-8-19-13)18(15)20(23)24;2*10-7-3-4-8-6(2-1-5-11-8)9(7)12(13)14;10-8-3-4-9-7(6-8)2-1-5-11-9;1-13-8-4-6(5-9(11)12)2-3-7(8)10;2-1(3)4;1-5(2,3)4/h2-9H,10H2,1H3,(H,21,22);2*1-5H;1-6H;2-4,10H,5H2,1H3,(H,11,12);(H,2,3,4);(H2,1,2,3,4). The molecule has 10 rings (SSSR count). The van der Waals surface area contributed by atoms with Crippen LogP contribution in [0.3, 0.4) is 0 Å². The highest BCUT2D eigenvalue weighted by Gasteiger charge is 2.23. The molecule has 0 radical (unpaired) electrons. The van der Waals surface area contributed by atoms with Gasteiger partial charge in [0.25, 0.3) is 16.5 Å². The highest BCUT2D eigenvalue weighted by atomic mass is 35.5. The van der Waals surface area contributed by atoms with E-state index in [1.165, 1.54) is 56.7 Å². The number of rotatable bonds is 11. The van der Waals surface area contributed by atoms with Gasteiger partial charge in [-0.2, -0.15) is 8.42 Å². The number of aromatic nitrogens is 4. The molecule has 0 aliphatic heterocycles. The van der Waals surface area contributed by atoms with Crippen LogP contribution in [0.4, 0.5) is 17.1 Å². The van der Waals surface area contributed by atoms with Crippen LogP contribution in [0, 0.1) is 40.5 Å². The Morgan fingerprint density at radius 1 is 0.506 bits per heavy atom. The second-order valence-corrected chi connectivity index (χ2v) is 18.6. The molecule has 6 N–H and O–H groups in total. The largest absolute Gasteiger partial charge is 0.504 e. The number of pyridine rings is 4. The van der Waals surface area contributed by atoms with Crippen LogP contribution in [0.15, 0.2) is 164 Å². The summed E-state index contributed by atoms with van der Waals surface area (Å²) in [5.74, 6) is -1.02. The van der Waals surface area contributed by atoms with Crippen molar-refractivity contribution in [2.45, 2.75) is 12.8 Å². The van der Waals surface area contributed by atoms with Crippen LogP contribution in [0.5, 0.6) is 28.7 Å². The van der Waals surface area contributed by atoms with Crippen LogP contribution in [-0.4, -0.2) is 104 Å². The Labute approximate surface area is 503 Å². The van der Waals surface area contributed by atoms with E-state index in [4.69, 9.17) is 92.1 Å². The zero-order valence-corrected chi connectivity index (χ0v) is 47.5.